The Labute approximate surface area is 168 Å². The largest absolute Gasteiger partial charge is 0.462 e. The number of esters is 1. The summed E-state index contributed by atoms with van der Waals surface area (Å²) in [7, 11) is 0. The number of benzene rings is 1. The number of aromatic nitrogens is 3. The van der Waals surface area contributed by atoms with E-state index in [1.807, 2.05) is 0 Å². The van der Waals surface area contributed by atoms with Crippen LogP contribution in [0.15, 0.2) is 29.4 Å². The fourth-order valence-electron chi connectivity index (χ4n) is 3.26. The molecule has 1 aliphatic carbocycles. The predicted molar refractivity (Wildman–Crippen MR) is 108 cm³/mol. The SMILES string of the molecule is CCOC(=O)c1ccc(NC(=O)CSc2nnc(C3CCCCC3)n2N)cc1. The zero-order valence-corrected chi connectivity index (χ0v) is 16.7. The van der Waals surface area contributed by atoms with E-state index in [4.69, 9.17) is 10.6 Å². The van der Waals surface area contributed by atoms with Crippen LogP contribution >= 0.6 is 11.8 Å². The number of anilines is 1. The summed E-state index contributed by atoms with van der Waals surface area (Å²) in [6.07, 6.45) is 5.82. The number of ether oxygens (including phenoxy) is 1. The number of carbonyl (C=O) groups excluding carboxylic acids is 2. The number of rotatable bonds is 7. The zero-order valence-electron chi connectivity index (χ0n) is 15.9. The summed E-state index contributed by atoms with van der Waals surface area (Å²) in [5.41, 5.74) is 1.05. The number of hydrogen-bond acceptors (Lipinski definition) is 7. The zero-order chi connectivity index (χ0) is 19.9. The molecular weight excluding hydrogens is 378 g/mol. The van der Waals surface area contributed by atoms with E-state index in [0.29, 0.717) is 28.9 Å². The molecule has 0 atom stereocenters. The number of hydrogen-bond donors (Lipinski definition) is 2. The summed E-state index contributed by atoms with van der Waals surface area (Å²) in [6, 6.07) is 6.57. The molecule has 9 heteroatoms. The van der Waals surface area contributed by atoms with Gasteiger partial charge in [0.2, 0.25) is 11.1 Å². The second-order valence-electron chi connectivity index (χ2n) is 6.68. The molecule has 0 bridgehead atoms. The third-order valence-electron chi connectivity index (χ3n) is 4.67. The van der Waals surface area contributed by atoms with E-state index >= 15 is 0 Å². The summed E-state index contributed by atoms with van der Waals surface area (Å²) in [4.78, 5) is 23.9. The van der Waals surface area contributed by atoms with Crippen LogP contribution in [-0.4, -0.2) is 39.1 Å². The van der Waals surface area contributed by atoms with Gasteiger partial charge in [0.25, 0.3) is 0 Å². The predicted octanol–water partition coefficient (Wildman–Crippen LogP) is 2.95. The van der Waals surface area contributed by atoms with Crippen LogP contribution in [-0.2, 0) is 9.53 Å². The van der Waals surface area contributed by atoms with Gasteiger partial charge in [-0.15, -0.1) is 10.2 Å². The summed E-state index contributed by atoms with van der Waals surface area (Å²) in [5, 5.41) is 11.7. The topological polar surface area (TPSA) is 112 Å². The van der Waals surface area contributed by atoms with E-state index in [1.54, 1.807) is 31.2 Å². The Hall–Kier alpha value is -2.55. The van der Waals surface area contributed by atoms with Crippen LogP contribution in [0.2, 0.25) is 0 Å². The maximum absolute atomic E-state index is 12.2. The van der Waals surface area contributed by atoms with Crippen molar-refractivity contribution in [2.24, 2.45) is 0 Å². The normalized spacial score (nSPS) is 14.6. The molecule has 3 N–H and O–H groups in total. The minimum atomic E-state index is -0.382. The van der Waals surface area contributed by atoms with Crippen LogP contribution in [0.3, 0.4) is 0 Å². The molecule has 1 amide bonds. The molecule has 8 nitrogen and oxygen atoms in total. The molecule has 0 saturated heterocycles. The van der Waals surface area contributed by atoms with Crippen LogP contribution < -0.4 is 11.2 Å². The van der Waals surface area contributed by atoms with Gasteiger partial charge in [-0.3, -0.25) is 4.79 Å². The van der Waals surface area contributed by atoms with Crippen molar-refractivity contribution in [1.82, 2.24) is 14.9 Å². The van der Waals surface area contributed by atoms with E-state index < -0.39 is 0 Å². The van der Waals surface area contributed by atoms with Crippen LogP contribution in [0.4, 0.5) is 5.69 Å². The van der Waals surface area contributed by atoms with Gasteiger partial charge in [-0.25, -0.2) is 9.47 Å². The van der Waals surface area contributed by atoms with Gasteiger partial charge >= 0.3 is 5.97 Å². The molecule has 2 aromatic rings. The molecule has 0 aliphatic heterocycles. The van der Waals surface area contributed by atoms with Gasteiger partial charge in [0.15, 0.2) is 5.82 Å². The molecule has 3 rings (SSSR count). The Morgan fingerprint density at radius 1 is 1.21 bits per heavy atom. The van der Waals surface area contributed by atoms with Crippen molar-refractivity contribution in [2.75, 3.05) is 23.5 Å². The highest BCUT2D eigenvalue weighted by atomic mass is 32.2. The van der Waals surface area contributed by atoms with E-state index in [-0.39, 0.29) is 17.6 Å². The molecule has 1 aliphatic rings. The highest BCUT2D eigenvalue weighted by Crippen LogP contribution is 2.32. The van der Waals surface area contributed by atoms with Gasteiger partial charge in [-0.2, -0.15) is 0 Å². The first-order valence-electron chi connectivity index (χ1n) is 9.48. The Balaban J connectivity index is 1.52. The summed E-state index contributed by atoms with van der Waals surface area (Å²) in [5.74, 6) is 6.89. The van der Waals surface area contributed by atoms with Crippen molar-refractivity contribution in [2.45, 2.75) is 50.1 Å². The average molecular weight is 404 g/mol. The number of amides is 1. The Morgan fingerprint density at radius 2 is 1.93 bits per heavy atom. The monoisotopic (exact) mass is 403 g/mol. The maximum Gasteiger partial charge on any atom is 0.338 e. The fraction of sp³-hybridized carbons (Fsp3) is 0.474. The summed E-state index contributed by atoms with van der Waals surface area (Å²) >= 11 is 1.25. The standard InChI is InChI=1S/C19H25N5O3S/c1-2-27-18(26)14-8-10-15(11-9-14)21-16(25)12-28-19-23-22-17(24(19)20)13-6-4-3-5-7-13/h8-11,13H,2-7,12,20H2,1H3,(H,21,25). The molecule has 0 spiro atoms. The first kappa shape index (κ1) is 20.2. The molecule has 1 aromatic heterocycles. The summed E-state index contributed by atoms with van der Waals surface area (Å²) in [6.45, 7) is 2.08. The number of nitrogens with one attached hydrogen (secondary N) is 1. The van der Waals surface area contributed by atoms with Crippen molar-refractivity contribution in [3.8, 4) is 0 Å². The number of nitrogen functional groups attached to an aromatic ring is 1. The van der Waals surface area contributed by atoms with Crippen molar-refractivity contribution in [3.05, 3.63) is 35.7 Å². The third kappa shape index (κ3) is 5.03. The third-order valence-corrected chi connectivity index (χ3v) is 5.62. The van der Waals surface area contributed by atoms with E-state index in [1.165, 1.54) is 35.7 Å². The second-order valence-corrected chi connectivity index (χ2v) is 7.62. The average Bonchev–Trinajstić information content (AvgIpc) is 3.08. The number of nitrogens with zero attached hydrogens (tertiary/aromatic N) is 3. The van der Waals surface area contributed by atoms with Crippen LogP contribution in [0.1, 0.15) is 61.1 Å². The molecule has 0 radical (unpaired) electrons. The smallest absolute Gasteiger partial charge is 0.338 e. The van der Waals surface area contributed by atoms with Gasteiger partial charge < -0.3 is 15.9 Å². The second kappa shape index (κ2) is 9.59. The lowest BCUT2D eigenvalue weighted by Crippen LogP contribution is -2.19. The first-order valence-corrected chi connectivity index (χ1v) is 10.5. The van der Waals surface area contributed by atoms with Crippen LogP contribution in [0.5, 0.6) is 0 Å². The lowest BCUT2D eigenvalue weighted by molar-refractivity contribution is -0.113. The molecular formula is C19H25N5O3S. The van der Waals surface area contributed by atoms with Crippen molar-refractivity contribution >= 4 is 29.3 Å². The molecule has 28 heavy (non-hydrogen) atoms. The Kier molecular flexibility index (Phi) is 6.91. The molecule has 1 aromatic carbocycles. The number of thioether (sulfide) groups is 1. The van der Waals surface area contributed by atoms with Crippen molar-refractivity contribution in [3.63, 3.8) is 0 Å². The minimum Gasteiger partial charge on any atom is -0.462 e. The minimum absolute atomic E-state index is 0.166. The summed E-state index contributed by atoms with van der Waals surface area (Å²) < 4.78 is 6.45. The maximum atomic E-state index is 12.2. The van der Waals surface area contributed by atoms with Gasteiger partial charge in [0.1, 0.15) is 0 Å². The molecule has 1 saturated carbocycles. The molecule has 150 valence electrons. The van der Waals surface area contributed by atoms with E-state index in [9.17, 15) is 9.59 Å². The molecule has 1 fully saturated rings. The highest BCUT2D eigenvalue weighted by Gasteiger charge is 2.22. The van der Waals surface area contributed by atoms with Gasteiger partial charge in [0.05, 0.1) is 17.9 Å². The first-order chi connectivity index (χ1) is 13.6. The van der Waals surface area contributed by atoms with Gasteiger partial charge in [0, 0.05) is 11.6 Å². The van der Waals surface area contributed by atoms with Crippen molar-refractivity contribution < 1.29 is 14.3 Å². The highest BCUT2D eigenvalue weighted by molar-refractivity contribution is 7.99. The van der Waals surface area contributed by atoms with Crippen LogP contribution in [0, 0.1) is 0 Å². The van der Waals surface area contributed by atoms with Crippen LogP contribution in [0.25, 0.3) is 0 Å². The quantitative estimate of drug-likeness (QED) is 0.415. The Bertz CT molecular complexity index is 815. The lowest BCUT2D eigenvalue weighted by Gasteiger charge is -2.20. The fourth-order valence-corrected chi connectivity index (χ4v) is 3.92. The van der Waals surface area contributed by atoms with E-state index in [0.717, 1.165) is 18.7 Å². The number of carbonyl (C=O) groups is 2. The van der Waals surface area contributed by atoms with Gasteiger partial charge in [-0.05, 0) is 44.0 Å². The Morgan fingerprint density at radius 3 is 2.61 bits per heavy atom. The van der Waals surface area contributed by atoms with Crippen molar-refractivity contribution in [1.29, 1.82) is 0 Å². The lowest BCUT2D eigenvalue weighted by atomic mass is 9.89. The van der Waals surface area contributed by atoms with Gasteiger partial charge in [-0.1, -0.05) is 31.0 Å². The number of nitrogens with two attached hydrogens (primary N) is 1. The molecule has 0 unspecified atom stereocenters. The van der Waals surface area contributed by atoms with E-state index in [2.05, 4.69) is 15.5 Å². The molecule has 1 heterocycles.